The molecule has 0 spiro atoms. The van der Waals surface area contributed by atoms with Gasteiger partial charge in [-0.25, -0.2) is 8.42 Å². The summed E-state index contributed by atoms with van der Waals surface area (Å²) in [6, 6.07) is 6.51. The molecule has 2 N–H and O–H groups in total. The van der Waals surface area contributed by atoms with E-state index >= 15 is 0 Å². The van der Waals surface area contributed by atoms with Crippen LogP contribution in [0.25, 0.3) is 0 Å². The zero-order chi connectivity index (χ0) is 14.9. The Morgan fingerprint density at radius 2 is 1.95 bits per heavy atom. The Morgan fingerprint density at radius 3 is 2.40 bits per heavy atom. The Hall–Kier alpha value is -1.67. The van der Waals surface area contributed by atoms with Crippen LogP contribution in [0.2, 0.25) is 0 Å². The molecular formula is C12H15N3O3S2. The van der Waals surface area contributed by atoms with Gasteiger partial charge in [0.1, 0.15) is 6.04 Å². The van der Waals surface area contributed by atoms with E-state index in [4.69, 9.17) is 12.2 Å². The topological polar surface area (TPSA) is 78.5 Å². The summed E-state index contributed by atoms with van der Waals surface area (Å²) >= 11 is 5.09. The average molecular weight is 313 g/mol. The number of carbonyl (C=O) groups is 1. The number of nitrogens with one attached hydrogen (secondary N) is 2. The fourth-order valence-electron chi connectivity index (χ4n) is 1.88. The molecule has 1 aliphatic heterocycles. The van der Waals surface area contributed by atoms with Gasteiger partial charge in [-0.1, -0.05) is 12.1 Å². The fourth-order valence-corrected chi connectivity index (χ4v) is 2.78. The highest BCUT2D eigenvalue weighted by Crippen LogP contribution is 2.15. The van der Waals surface area contributed by atoms with Crippen LogP contribution in [0.3, 0.4) is 0 Å². The van der Waals surface area contributed by atoms with Crippen molar-refractivity contribution < 1.29 is 13.2 Å². The third kappa shape index (κ3) is 3.45. The molecule has 1 fully saturated rings. The highest BCUT2D eigenvalue weighted by atomic mass is 32.2. The van der Waals surface area contributed by atoms with E-state index in [9.17, 15) is 13.2 Å². The van der Waals surface area contributed by atoms with Crippen LogP contribution >= 0.6 is 12.2 Å². The number of rotatable bonds is 4. The summed E-state index contributed by atoms with van der Waals surface area (Å²) in [5, 5.41) is 3.31. The first-order chi connectivity index (χ1) is 9.26. The number of anilines is 1. The molecule has 2 rings (SSSR count). The van der Waals surface area contributed by atoms with Gasteiger partial charge in [-0.2, -0.15) is 0 Å². The van der Waals surface area contributed by atoms with Gasteiger partial charge in [0.25, 0.3) is 5.91 Å². The summed E-state index contributed by atoms with van der Waals surface area (Å²) in [4.78, 5) is 13.4. The molecular weight excluding hydrogens is 298 g/mol. The maximum atomic E-state index is 11.9. The van der Waals surface area contributed by atoms with Crippen molar-refractivity contribution in [3.8, 4) is 0 Å². The Bertz CT molecular complexity index is 640. The summed E-state index contributed by atoms with van der Waals surface area (Å²) in [6.45, 7) is 2.13. The SMILES string of the molecule is CC1NC(=S)N(Cc2ccc(NS(C)(=O)=O)cc2)C1=O. The maximum absolute atomic E-state index is 11.9. The molecule has 8 heteroatoms. The molecule has 6 nitrogen and oxygen atoms in total. The van der Waals surface area contributed by atoms with Crippen molar-refractivity contribution in [3.05, 3.63) is 29.8 Å². The van der Waals surface area contributed by atoms with Crippen LogP contribution in [0.1, 0.15) is 12.5 Å². The van der Waals surface area contributed by atoms with Gasteiger partial charge in [0.05, 0.1) is 12.8 Å². The largest absolute Gasteiger partial charge is 0.351 e. The van der Waals surface area contributed by atoms with Crippen molar-refractivity contribution in [1.29, 1.82) is 0 Å². The molecule has 1 atom stereocenters. The molecule has 1 saturated heterocycles. The van der Waals surface area contributed by atoms with Gasteiger partial charge >= 0.3 is 0 Å². The molecule has 1 heterocycles. The summed E-state index contributed by atoms with van der Waals surface area (Å²) in [7, 11) is -3.28. The Kier molecular flexibility index (Phi) is 3.96. The monoisotopic (exact) mass is 313 g/mol. The number of thiocarbonyl (C=S) groups is 1. The number of amides is 1. The number of benzene rings is 1. The second kappa shape index (κ2) is 5.37. The Morgan fingerprint density at radius 1 is 1.35 bits per heavy atom. The van der Waals surface area contributed by atoms with Crippen LogP contribution in [0, 0.1) is 0 Å². The van der Waals surface area contributed by atoms with E-state index in [0.29, 0.717) is 17.3 Å². The smallest absolute Gasteiger partial charge is 0.251 e. The van der Waals surface area contributed by atoms with Gasteiger partial charge in [0.15, 0.2) is 5.11 Å². The lowest BCUT2D eigenvalue weighted by Crippen LogP contribution is -2.30. The number of nitrogens with zero attached hydrogens (tertiary/aromatic N) is 1. The quantitative estimate of drug-likeness (QED) is 0.799. The summed E-state index contributed by atoms with van der Waals surface area (Å²) < 4.78 is 24.6. The van der Waals surface area contributed by atoms with Crippen LogP contribution in [0.5, 0.6) is 0 Å². The fraction of sp³-hybridized carbons (Fsp3) is 0.333. The molecule has 0 aromatic heterocycles. The third-order valence-corrected chi connectivity index (χ3v) is 3.76. The maximum Gasteiger partial charge on any atom is 0.251 e. The van der Waals surface area contributed by atoms with E-state index in [1.807, 2.05) is 0 Å². The zero-order valence-corrected chi connectivity index (χ0v) is 12.7. The summed E-state index contributed by atoms with van der Waals surface area (Å²) in [5.41, 5.74) is 1.36. The first kappa shape index (κ1) is 14.7. The number of sulfonamides is 1. The van der Waals surface area contributed by atoms with E-state index in [1.165, 1.54) is 4.90 Å². The molecule has 0 saturated carbocycles. The van der Waals surface area contributed by atoms with Crippen LogP contribution in [-0.4, -0.2) is 36.6 Å². The van der Waals surface area contributed by atoms with E-state index in [2.05, 4.69) is 10.0 Å². The first-order valence-electron chi connectivity index (χ1n) is 5.95. The van der Waals surface area contributed by atoms with Gasteiger partial charge in [-0.3, -0.25) is 14.4 Å². The Labute approximate surface area is 123 Å². The van der Waals surface area contributed by atoms with E-state index in [1.54, 1.807) is 31.2 Å². The van der Waals surface area contributed by atoms with Crippen LogP contribution < -0.4 is 10.0 Å². The molecule has 20 heavy (non-hydrogen) atoms. The zero-order valence-electron chi connectivity index (χ0n) is 11.1. The van der Waals surface area contributed by atoms with Crippen LogP contribution in [0.4, 0.5) is 5.69 Å². The minimum Gasteiger partial charge on any atom is -0.351 e. The second-order valence-electron chi connectivity index (χ2n) is 4.67. The minimum atomic E-state index is -3.28. The first-order valence-corrected chi connectivity index (χ1v) is 8.25. The standard InChI is InChI=1S/C12H15N3O3S2/c1-8-11(16)15(12(19)13-8)7-9-3-5-10(6-4-9)14-20(2,17)18/h3-6,8,14H,7H2,1-2H3,(H,13,19). The van der Waals surface area contributed by atoms with E-state index < -0.39 is 10.0 Å². The lowest BCUT2D eigenvalue weighted by molar-refractivity contribution is -0.127. The summed E-state index contributed by atoms with van der Waals surface area (Å²) in [6.07, 6.45) is 1.09. The molecule has 0 bridgehead atoms. The van der Waals surface area contributed by atoms with Crippen molar-refractivity contribution in [3.63, 3.8) is 0 Å². The predicted molar refractivity (Wildman–Crippen MR) is 80.7 cm³/mol. The molecule has 1 unspecified atom stereocenters. The van der Waals surface area contributed by atoms with Gasteiger partial charge in [0.2, 0.25) is 10.0 Å². The second-order valence-corrected chi connectivity index (χ2v) is 6.80. The molecule has 0 radical (unpaired) electrons. The molecule has 1 aliphatic rings. The number of hydrogen-bond donors (Lipinski definition) is 2. The predicted octanol–water partition coefficient (Wildman–Crippen LogP) is 0.663. The van der Waals surface area contributed by atoms with Crippen molar-refractivity contribution in [2.75, 3.05) is 11.0 Å². The Balaban J connectivity index is 2.08. The van der Waals surface area contributed by atoms with Gasteiger partial charge < -0.3 is 5.32 Å². The molecule has 0 aliphatic carbocycles. The number of carbonyl (C=O) groups excluding carboxylic acids is 1. The molecule has 1 aromatic carbocycles. The highest BCUT2D eigenvalue weighted by molar-refractivity contribution is 7.92. The van der Waals surface area contributed by atoms with Crippen molar-refractivity contribution in [2.45, 2.75) is 19.5 Å². The lowest BCUT2D eigenvalue weighted by Gasteiger charge is -2.15. The normalized spacial score (nSPS) is 19.1. The summed E-state index contributed by atoms with van der Waals surface area (Å²) in [5.74, 6) is -0.0617. The highest BCUT2D eigenvalue weighted by Gasteiger charge is 2.31. The van der Waals surface area contributed by atoms with Gasteiger partial charge in [0, 0.05) is 5.69 Å². The van der Waals surface area contributed by atoms with Gasteiger partial charge in [-0.05, 0) is 36.8 Å². The van der Waals surface area contributed by atoms with E-state index in [0.717, 1.165) is 11.8 Å². The molecule has 1 amide bonds. The molecule has 1 aromatic rings. The lowest BCUT2D eigenvalue weighted by atomic mass is 10.2. The van der Waals surface area contributed by atoms with Crippen molar-refractivity contribution in [2.24, 2.45) is 0 Å². The van der Waals surface area contributed by atoms with E-state index in [-0.39, 0.29) is 11.9 Å². The minimum absolute atomic E-state index is 0.0617. The van der Waals surface area contributed by atoms with Crippen molar-refractivity contribution in [1.82, 2.24) is 10.2 Å². The molecule has 108 valence electrons. The number of hydrogen-bond acceptors (Lipinski definition) is 4. The third-order valence-electron chi connectivity index (χ3n) is 2.82. The van der Waals surface area contributed by atoms with Crippen LogP contribution in [0.15, 0.2) is 24.3 Å². The van der Waals surface area contributed by atoms with Crippen LogP contribution in [-0.2, 0) is 21.4 Å². The van der Waals surface area contributed by atoms with Crippen molar-refractivity contribution >= 4 is 38.9 Å². The average Bonchev–Trinajstić information content (AvgIpc) is 2.56. The van der Waals surface area contributed by atoms with Gasteiger partial charge in [-0.15, -0.1) is 0 Å².